The molecule has 3 rings (SSSR count). The van der Waals surface area contributed by atoms with Crippen molar-refractivity contribution in [2.45, 2.75) is 50.5 Å². The number of hydrogen-bond donors (Lipinski definition) is 1. The van der Waals surface area contributed by atoms with Crippen LogP contribution in [0.3, 0.4) is 0 Å². The molecular formula is C20H33N5O4S. The number of aromatic nitrogens is 2. The van der Waals surface area contributed by atoms with Gasteiger partial charge in [0.05, 0.1) is 6.33 Å². The summed E-state index contributed by atoms with van der Waals surface area (Å²) in [5.74, 6) is 0.383. The van der Waals surface area contributed by atoms with Gasteiger partial charge in [0.25, 0.3) is 10.0 Å². The fourth-order valence-corrected chi connectivity index (χ4v) is 5.54. The lowest BCUT2D eigenvalue weighted by Gasteiger charge is -2.33. The zero-order chi connectivity index (χ0) is 21.7. The van der Waals surface area contributed by atoms with Gasteiger partial charge in [-0.1, -0.05) is 6.92 Å². The molecule has 0 saturated carbocycles. The van der Waals surface area contributed by atoms with Crippen LogP contribution in [0.4, 0.5) is 0 Å². The number of amides is 2. The van der Waals surface area contributed by atoms with Gasteiger partial charge in [-0.05, 0) is 38.0 Å². The molecular weight excluding hydrogens is 406 g/mol. The number of carbonyl (C=O) groups is 2. The van der Waals surface area contributed by atoms with Crippen molar-refractivity contribution in [2.75, 3.05) is 32.7 Å². The summed E-state index contributed by atoms with van der Waals surface area (Å²) >= 11 is 0. The number of aryl methyl sites for hydroxylation is 1. The van der Waals surface area contributed by atoms with Crippen LogP contribution in [0.5, 0.6) is 0 Å². The van der Waals surface area contributed by atoms with Crippen molar-refractivity contribution in [3.05, 3.63) is 12.5 Å². The Kier molecular flexibility index (Phi) is 7.51. The molecule has 1 N–H and O–H groups in total. The summed E-state index contributed by atoms with van der Waals surface area (Å²) < 4.78 is 28.9. The van der Waals surface area contributed by atoms with E-state index in [4.69, 9.17) is 0 Å². The second-order valence-corrected chi connectivity index (χ2v) is 10.4. The van der Waals surface area contributed by atoms with Gasteiger partial charge < -0.3 is 14.8 Å². The molecule has 2 aliphatic rings. The fraction of sp³-hybridized carbons (Fsp3) is 0.750. The minimum absolute atomic E-state index is 0.0182. The van der Waals surface area contributed by atoms with Crippen LogP contribution in [0.1, 0.15) is 45.4 Å². The van der Waals surface area contributed by atoms with Crippen LogP contribution in [0.15, 0.2) is 17.6 Å². The molecule has 2 fully saturated rings. The molecule has 0 bridgehead atoms. The van der Waals surface area contributed by atoms with Crippen LogP contribution in [-0.2, 0) is 26.7 Å². The quantitative estimate of drug-likeness (QED) is 0.756. The predicted octanol–water partition coefficient (Wildman–Crippen LogP) is 0.976. The molecule has 3 heterocycles. The van der Waals surface area contributed by atoms with E-state index in [2.05, 4.69) is 17.2 Å². The summed E-state index contributed by atoms with van der Waals surface area (Å²) in [6.07, 6.45) is 6.80. The van der Waals surface area contributed by atoms with Crippen molar-refractivity contribution in [3.63, 3.8) is 0 Å². The van der Waals surface area contributed by atoms with Crippen molar-refractivity contribution < 1.29 is 18.0 Å². The Labute approximate surface area is 178 Å². The molecule has 2 aliphatic heterocycles. The highest BCUT2D eigenvalue weighted by atomic mass is 32.2. The molecule has 30 heavy (non-hydrogen) atoms. The molecule has 0 spiro atoms. The second-order valence-electron chi connectivity index (χ2n) is 8.52. The SMILES string of the molecule is CC1CCN(C(=O)C2CCCN(S(=O)(=O)c3cn(C)cn3)CCC(=O)NCC2)CC1. The molecule has 2 saturated heterocycles. The number of nitrogens with zero attached hydrogens (tertiary/aromatic N) is 4. The highest BCUT2D eigenvalue weighted by Crippen LogP contribution is 2.23. The van der Waals surface area contributed by atoms with E-state index < -0.39 is 10.0 Å². The Bertz CT molecular complexity index is 845. The van der Waals surface area contributed by atoms with E-state index in [0.29, 0.717) is 31.7 Å². The molecule has 168 valence electrons. The number of carbonyl (C=O) groups excluding carboxylic acids is 2. The topological polar surface area (TPSA) is 105 Å². The zero-order valence-electron chi connectivity index (χ0n) is 17.9. The fourth-order valence-electron chi connectivity index (χ4n) is 4.10. The summed E-state index contributed by atoms with van der Waals surface area (Å²) in [6, 6.07) is 0. The van der Waals surface area contributed by atoms with Gasteiger partial charge >= 0.3 is 0 Å². The van der Waals surface area contributed by atoms with Gasteiger partial charge in [0.1, 0.15) is 0 Å². The summed E-state index contributed by atoms with van der Waals surface area (Å²) in [5.41, 5.74) is 0. The number of piperidine rings is 1. The summed E-state index contributed by atoms with van der Waals surface area (Å²) in [5, 5.41) is 2.82. The molecule has 10 heteroatoms. The van der Waals surface area contributed by atoms with Crippen molar-refractivity contribution in [1.29, 1.82) is 0 Å². The number of sulfonamides is 1. The van der Waals surface area contributed by atoms with E-state index in [1.54, 1.807) is 11.6 Å². The van der Waals surface area contributed by atoms with Crippen LogP contribution < -0.4 is 5.32 Å². The van der Waals surface area contributed by atoms with Gasteiger partial charge in [-0.3, -0.25) is 9.59 Å². The van der Waals surface area contributed by atoms with Crippen LogP contribution in [0.2, 0.25) is 0 Å². The summed E-state index contributed by atoms with van der Waals surface area (Å²) in [4.78, 5) is 31.2. The average molecular weight is 440 g/mol. The minimum Gasteiger partial charge on any atom is -0.356 e. The first-order valence-electron chi connectivity index (χ1n) is 10.8. The molecule has 0 aromatic carbocycles. The maximum Gasteiger partial charge on any atom is 0.262 e. The molecule has 1 unspecified atom stereocenters. The van der Waals surface area contributed by atoms with Crippen LogP contribution in [0, 0.1) is 11.8 Å². The van der Waals surface area contributed by atoms with Crippen molar-refractivity contribution in [3.8, 4) is 0 Å². The third-order valence-electron chi connectivity index (χ3n) is 6.09. The van der Waals surface area contributed by atoms with Crippen LogP contribution in [-0.4, -0.2) is 71.7 Å². The smallest absolute Gasteiger partial charge is 0.262 e. The largest absolute Gasteiger partial charge is 0.356 e. The first-order chi connectivity index (χ1) is 14.3. The predicted molar refractivity (Wildman–Crippen MR) is 112 cm³/mol. The highest BCUT2D eigenvalue weighted by Gasteiger charge is 2.30. The first kappa shape index (κ1) is 22.7. The zero-order valence-corrected chi connectivity index (χ0v) is 18.7. The van der Waals surface area contributed by atoms with Gasteiger partial charge in [-0.15, -0.1) is 0 Å². The minimum atomic E-state index is -3.78. The average Bonchev–Trinajstić information content (AvgIpc) is 3.14. The highest BCUT2D eigenvalue weighted by molar-refractivity contribution is 7.89. The lowest BCUT2D eigenvalue weighted by Crippen LogP contribution is -2.42. The first-order valence-corrected chi connectivity index (χ1v) is 12.2. The molecule has 1 aromatic heterocycles. The monoisotopic (exact) mass is 439 g/mol. The van der Waals surface area contributed by atoms with Crippen LogP contribution >= 0.6 is 0 Å². The van der Waals surface area contributed by atoms with Crippen molar-refractivity contribution >= 4 is 21.8 Å². The molecule has 2 amide bonds. The van der Waals surface area contributed by atoms with E-state index in [1.165, 1.54) is 16.8 Å². The second kappa shape index (κ2) is 9.91. The van der Waals surface area contributed by atoms with Crippen molar-refractivity contribution in [2.24, 2.45) is 18.9 Å². The number of likely N-dealkylation sites (tertiary alicyclic amines) is 1. The maximum atomic E-state index is 13.1. The summed E-state index contributed by atoms with van der Waals surface area (Å²) in [6.45, 7) is 4.58. The van der Waals surface area contributed by atoms with Crippen molar-refractivity contribution in [1.82, 2.24) is 24.1 Å². The Balaban J connectivity index is 1.70. The molecule has 1 atom stereocenters. The standard InChI is InChI=1S/C20H33N5O4S/c1-16-6-11-24(12-7-16)20(27)17-4-3-10-25(13-8-18(26)21-9-5-17)30(28,29)19-14-23(2)15-22-19/h14-17H,3-13H2,1-2H3,(H,21,26). The van der Waals surface area contributed by atoms with E-state index in [0.717, 1.165) is 25.9 Å². The van der Waals surface area contributed by atoms with E-state index in [-0.39, 0.29) is 42.3 Å². The molecule has 1 aromatic rings. The van der Waals surface area contributed by atoms with Gasteiger partial charge in [0.2, 0.25) is 11.8 Å². The Morgan fingerprint density at radius 1 is 1.13 bits per heavy atom. The number of hydrogen-bond acceptors (Lipinski definition) is 5. The van der Waals surface area contributed by atoms with Gasteiger partial charge in [0.15, 0.2) is 5.03 Å². The third-order valence-corrected chi connectivity index (χ3v) is 7.88. The maximum absolute atomic E-state index is 13.1. The van der Waals surface area contributed by atoms with E-state index >= 15 is 0 Å². The summed E-state index contributed by atoms with van der Waals surface area (Å²) in [7, 11) is -2.07. The van der Waals surface area contributed by atoms with Gasteiger partial charge in [-0.25, -0.2) is 13.4 Å². The van der Waals surface area contributed by atoms with Crippen LogP contribution in [0.25, 0.3) is 0 Å². The lowest BCUT2D eigenvalue weighted by molar-refractivity contribution is -0.137. The van der Waals surface area contributed by atoms with Gasteiger partial charge in [0, 0.05) is 58.3 Å². The molecule has 0 radical (unpaired) electrons. The van der Waals surface area contributed by atoms with E-state index in [1.807, 2.05) is 4.90 Å². The molecule has 0 aliphatic carbocycles. The Morgan fingerprint density at radius 3 is 2.53 bits per heavy atom. The Morgan fingerprint density at radius 2 is 1.87 bits per heavy atom. The normalized spacial score (nSPS) is 23.6. The Hall–Kier alpha value is -1.94. The van der Waals surface area contributed by atoms with Gasteiger partial charge in [-0.2, -0.15) is 4.31 Å². The van der Waals surface area contributed by atoms with E-state index in [9.17, 15) is 18.0 Å². The molecule has 9 nitrogen and oxygen atoms in total. The third kappa shape index (κ3) is 5.60. The number of rotatable bonds is 3. The number of imidazole rings is 1. The number of nitrogens with one attached hydrogen (secondary N) is 1. The lowest BCUT2D eigenvalue weighted by atomic mass is 9.94.